The maximum Gasteiger partial charge on any atom is 0.123 e. The molecule has 0 saturated heterocycles. The lowest BCUT2D eigenvalue weighted by molar-refractivity contribution is 0.172. The van der Waals surface area contributed by atoms with Gasteiger partial charge < -0.3 is 10.4 Å². The molecule has 0 radical (unpaired) electrons. The molecule has 1 heterocycles. The molecule has 2 unspecified atom stereocenters. The first-order valence-corrected chi connectivity index (χ1v) is 8.25. The summed E-state index contributed by atoms with van der Waals surface area (Å²) < 4.78 is 15.4. The number of nitrogens with one attached hydrogen (secondary N) is 1. The molecule has 3 aromatic rings. The normalized spacial score (nSPS) is 13.6. The van der Waals surface area contributed by atoms with Gasteiger partial charge in [-0.2, -0.15) is 5.10 Å². The predicted molar refractivity (Wildman–Crippen MR) is 95.6 cm³/mol. The first-order valence-electron chi connectivity index (χ1n) is 8.25. The molecule has 3 rings (SSSR count). The van der Waals surface area contributed by atoms with Gasteiger partial charge >= 0.3 is 0 Å². The molecule has 1 aromatic heterocycles. The second-order valence-corrected chi connectivity index (χ2v) is 6.27. The average Bonchev–Trinajstić information content (AvgIpc) is 3.01. The molecule has 2 aromatic carbocycles. The third-order valence-electron chi connectivity index (χ3n) is 4.18. The second kappa shape index (κ2) is 7.59. The number of halogens is 1. The van der Waals surface area contributed by atoms with Crippen LogP contribution < -0.4 is 5.32 Å². The Morgan fingerprint density at radius 2 is 1.88 bits per heavy atom. The van der Waals surface area contributed by atoms with Gasteiger partial charge in [-0.15, -0.1) is 0 Å². The summed E-state index contributed by atoms with van der Waals surface area (Å²) in [6.45, 7) is 2.34. The Kier molecular flexibility index (Phi) is 5.26. The minimum Gasteiger partial charge on any atom is -0.387 e. The highest BCUT2D eigenvalue weighted by Gasteiger charge is 2.18. The van der Waals surface area contributed by atoms with Crippen LogP contribution in [0.25, 0.3) is 0 Å². The Hall–Kier alpha value is -2.50. The van der Waals surface area contributed by atoms with Crippen molar-refractivity contribution in [1.82, 2.24) is 15.1 Å². The number of rotatable bonds is 6. The molecule has 0 bridgehead atoms. The van der Waals surface area contributed by atoms with Crippen LogP contribution in [-0.4, -0.2) is 21.4 Å². The molecule has 0 aliphatic rings. The lowest BCUT2D eigenvalue weighted by atomic mass is 10.0. The smallest absolute Gasteiger partial charge is 0.123 e. The van der Waals surface area contributed by atoms with Gasteiger partial charge in [0.25, 0.3) is 0 Å². The van der Waals surface area contributed by atoms with E-state index in [1.165, 1.54) is 12.1 Å². The van der Waals surface area contributed by atoms with E-state index in [9.17, 15) is 9.50 Å². The number of aryl methyl sites for hydroxylation is 2. The van der Waals surface area contributed by atoms with Crippen LogP contribution in [0.4, 0.5) is 4.39 Å². The molecule has 0 fully saturated rings. The topological polar surface area (TPSA) is 50.1 Å². The summed E-state index contributed by atoms with van der Waals surface area (Å²) in [6, 6.07) is 14.0. The lowest BCUT2D eigenvalue weighted by Gasteiger charge is -2.21. The highest BCUT2D eigenvalue weighted by Crippen LogP contribution is 2.23. The standard InChI is InChI=1S/C20H22FN3O/c1-14-5-3-6-15(9-14)19(25)12-22-20(17-11-23-24(2)13-17)16-7-4-8-18(21)10-16/h3-11,13,19-20,22,25H,12H2,1-2H3. The molecule has 2 atom stereocenters. The minimum absolute atomic E-state index is 0.246. The molecule has 2 N–H and O–H groups in total. The van der Waals surface area contributed by atoms with Gasteiger partial charge in [0.05, 0.1) is 18.3 Å². The van der Waals surface area contributed by atoms with Crippen molar-refractivity contribution in [3.05, 3.63) is 89.0 Å². The SMILES string of the molecule is Cc1cccc(C(O)CNC(c2cccc(F)c2)c2cnn(C)c2)c1. The first kappa shape index (κ1) is 17.3. The van der Waals surface area contributed by atoms with Crippen molar-refractivity contribution in [2.24, 2.45) is 7.05 Å². The van der Waals surface area contributed by atoms with Crippen LogP contribution in [-0.2, 0) is 7.05 Å². The zero-order chi connectivity index (χ0) is 17.8. The van der Waals surface area contributed by atoms with Crippen LogP contribution in [0.3, 0.4) is 0 Å². The third kappa shape index (κ3) is 4.32. The highest BCUT2D eigenvalue weighted by molar-refractivity contribution is 5.30. The summed E-state index contributed by atoms with van der Waals surface area (Å²) in [7, 11) is 1.84. The molecule has 0 spiro atoms. The van der Waals surface area contributed by atoms with E-state index in [1.54, 1.807) is 16.9 Å². The van der Waals surface area contributed by atoms with Crippen molar-refractivity contribution >= 4 is 0 Å². The largest absolute Gasteiger partial charge is 0.387 e. The fourth-order valence-corrected chi connectivity index (χ4v) is 2.93. The Balaban J connectivity index is 1.80. The summed E-state index contributed by atoms with van der Waals surface area (Å²) in [4.78, 5) is 0. The van der Waals surface area contributed by atoms with Crippen molar-refractivity contribution in [3.8, 4) is 0 Å². The van der Waals surface area contributed by atoms with Crippen LogP contribution in [0.15, 0.2) is 60.9 Å². The second-order valence-electron chi connectivity index (χ2n) is 6.27. The first-order chi connectivity index (χ1) is 12.0. The molecule has 5 heteroatoms. The van der Waals surface area contributed by atoms with E-state index in [0.717, 1.165) is 22.3 Å². The Labute approximate surface area is 146 Å². The van der Waals surface area contributed by atoms with Crippen LogP contribution >= 0.6 is 0 Å². The number of nitrogens with zero attached hydrogens (tertiary/aromatic N) is 2. The molecular formula is C20H22FN3O. The van der Waals surface area contributed by atoms with E-state index < -0.39 is 6.10 Å². The maximum absolute atomic E-state index is 13.7. The molecule has 25 heavy (non-hydrogen) atoms. The van der Waals surface area contributed by atoms with Gasteiger partial charge in [-0.05, 0) is 30.2 Å². The van der Waals surface area contributed by atoms with E-state index in [1.807, 2.05) is 50.5 Å². The van der Waals surface area contributed by atoms with Gasteiger partial charge in [-0.3, -0.25) is 4.68 Å². The van der Waals surface area contributed by atoms with Gasteiger partial charge in [-0.1, -0.05) is 42.0 Å². The van der Waals surface area contributed by atoms with Gasteiger partial charge in [0.15, 0.2) is 0 Å². The Morgan fingerprint density at radius 1 is 1.12 bits per heavy atom. The molecule has 0 amide bonds. The van der Waals surface area contributed by atoms with E-state index in [0.29, 0.717) is 6.54 Å². The van der Waals surface area contributed by atoms with Crippen molar-refractivity contribution in [1.29, 1.82) is 0 Å². The summed E-state index contributed by atoms with van der Waals surface area (Å²) in [5.41, 5.74) is 3.68. The Bertz CT molecular complexity index is 846. The van der Waals surface area contributed by atoms with E-state index >= 15 is 0 Å². The minimum atomic E-state index is -0.646. The zero-order valence-electron chi connectivity index (χ0n) is 14.4. The number of aliphatic hydroxyl groups excluding tert-OH is 1. The quantitative estimate of drug-likeness (QED) is 0.725. The van der Waals surface area contributed by atoms with E-state index in [2.05, 4.69) is 10.4 Å². The number of hydrogen-bond acceptors (Lipinski definition) is 3. The average molecular weight is 339 g/mol. The fourth-order valence-electron chi connectivity index (χ4n) is 2.93. The predicted octanol–water partition coefficient (Wildman–Crippen LogP) is 3.28. The summed E-state index contributed by atoms with van der Waals surface area (Å²) in [5, 5.41) is 18.0. The van der Waals surface area contributed by atoms with Crippen LogP contribution in [0.2, 0.25) is 0 Å². The number of aromatic nitrogens is 2. The summed E-state index contributed by atoms with van der Waals surface area (Å²) >= 11 is 0. The third-order valence-corrected chi connectivity index (χ3v) is 4.18. The van der Waals surface area contributed by atoms with Crippen LogP contribution in [0.1, 0.15) is 34.4 Å². The van der Waals surface area contributed by atoms with E-state index in [-0.39, 0.29) is 11.9 Å². The number of benzene rings is 2. The molecule has 0 aliphatic carbocycles. The molecule has 4 nitrogen and oxygen atoms in total. The zero-order valence-corrected chi connectivity index (χ0v) is 14.4. The van der Waals surface area contributed by atoms with E-state index in [4.69, 9.17) is 0 Å². The Morgan fingerprint density at radius 3 is 2.56 bits per heavy atom. The number of aliphatic hydroxyl groups is 1. The highest BCUT2D eigenvalue weighted by atomic mass is 19.1. The monoisotopic (exact) mass is 339 g/mol. The molecular weight excluding hydrogens is 317 g/mol. The van der Waals surface area contributed by atoms with Gasteiger partial charge in [0.2, 0.25) is 0 Å². The fraction of sp³-hybridized carbons (Fsp3) is 0.250. The van der Waals surface area contributed by atoms with Crippen LogP contribution in [0, 0.1) is 12.7 Å². The van der Waals surface area contributed by atoms with Crippen molar-refractivity contribution < 1.29 is 9.50 Å². The van der Waals surface area contributed by atoms with Gasteiger partial charge in [0.1, 0.15) is 5.82 Å². The van der Waals surface area contributed by atoms with Crippen molar-refractivity contribution in [3.63, 3.8) is 0 Å². The molecule has 0 saturated carbocycles. The lowest BCUT2D eigenvalue weighted by Crippen LogP contribution is -2.27. The van der Waals surface area contributed by atoms with Crippen molar-refractivity contribution in [2.75, 3.05) is 6.54 Å². The maximum atomic E-state index is 13.7. The molecule has 0 aliphatic heterocycles. The van der Waals surface area contributed by atoms with Crippen LogP contribution in [0.5, 0.6) is 0 Å². The van der Waals surface area contributed by atoms with Gasteiger partial charge in [-0.25, -0.2) is 4.39 Å². The number of hydrogen-bond donors (Lipinski definition) is 2. The summed E-state index contributed by atoms with van der Waals surface area (Å²) in [6.07, 6.45) is 3.00. The summed E-state index contributed by atoms with van der Waals surface area (Å²) in [5.74, 6) is -0.285. The molecule has 130 valence electrons. The van der Waals surface area contributed by atoms with Gasteiger partial charge in [0, 0.05) is 25.4 Å². The van der Waals surface area contributed by atoms with Crippen molar-refractivity contribution in [2.45, 2.75) is 19.1 Å².